The molecule has 3 heteroatoms. The number of nitrogens with two attached hydrogens (primary N) is 1. The number of hydrogen-bond donors (Lipinski definition) is 1. The molecule has 2 fully saturated rings. The topological polar surface area (TPSA) is 26.0 Å². The molecule has 0 radical (unpaired) electrons. The summed E-state index contributed by atoms with van der Waals surface area (Å²) in [6.07, 6.45) is 5.71. The summed E-state index contributed by atoms with van der Waals surface area (Å²) >= 11 is 5.31. The fraction of sp³-hybridized carbons (Fsp3) is 0.667. The van der Waals surface area contributed by atoms with Gasteiger partial charge in [-0.25, -0.2) is 0 Å². The van der Waals surface area contributed by atoms with E-state index in [1.807, 2.05) is 0 Å². The molecule has 2 aliphatic carbocycles. The number of fused-ring (bicyclic) bond motifs is 1. The lowest BCUT2D eigenvalue weighted by atomic mass is 10.0. The first-order chi connectivity index (χ1) is 7.27. The second-order valence-electron chi connectivity index (χ2n) is 4.86. The molecule has 0 aromatic carbocycles. The summed E-state index contributed by atoms with van der Waals surface area (Å²) in [5.74, 6) is 2.70. The lowest BCUT2D eigenvalue weighted by Gasteiger charge is -2.08. The van der Waals surface area contributed by atoms with Crippen LogP contribution in [-0.4, -0.2) is 0 Å². The molecule has 15 heavy (non-hydrogen) atoms. The maximum Gasteiger partial charge on any atom is 0.0701 e. The Hall–Kier alpha value is 0.140. The van der Waals surface area contributed by atoms with E-state index in [9.17, 15) is 0 Å². The quantitative estimate of drug-likeness (QED) is 0.875. The van der Waals surface area contributed by atoms with Gasteiger partial charge in [0.05, 0.1) is 3.79 Å². The van der Waals surface area contributed by atoms with Crippen molar-refractivity contribution in [3.05, 3.63) is 20.8 Å². The van der Waals surface area contributed by atoms with Crippen LogP contribution in [0.4, 0.5) is 0 Å². The van der Waals surface area contributed by atoms with Gasteiger partial charge in [-0.05, 0) is 58.7 Å². The third kappa shape index (κ3) is 1.79. The molecule has 3 unspecified atom stereocenters. The number of thiophene rings is 1. The van der Waals surface area contributed by atoms with Crippen LogP contribution in [0.3, 0.4) is 0 Å². The largest absolute Gasteiger partial charge is 0.323 e. The molecule has 3 rings (SSSR count). The smallest absolute Gasteiger partial charge is 0.0701 e. The van der Waals surface area contributed by atoms with Crippen LogP contribution in [0, 0.1) is 17.8 Å². The van der Waals surface area contributed by atoms with Crippen molar-refractivity contribution < 1.29 is 0 Å². The van der Waals surface area contributed by atoms with Crippen molar-refractivity contribution in [2.45, 2.75) is 31.7 Å². The molecule has 2 saturated carbocycles. The predicted molar refractivity (Wildman–Crippen MR) is 67.9 cm³/mol. The van der Waals surface area contributed by atoms with Gasteiger partial charge in [-0.2, -0.15) is 0 Å². The standard InChI is InChI=1S/C12H16BrNS/c13-10-6-5-9(15-10)12(14)11-7-3-1-2-4-8(7)11/h5-8,11-12H,1-4,14H2. The second kappa shape index (κ2) is 3.86. The first-order valence-electron chi connectivity index (χ1n) is 5.78. The molecule has 0 spiro atoms. The van der Waals surface area contributed by atoms with Gasteiger partial charge in [-0.1, -0.05) is 12.8 Å². The number of rotatable bonds is 2. The van der Waals surface area contributed by atoms with E-state index >= 15 is 0 Å². The number of hydrogen-bond acceptors (Lipinski definition) is 2. The van der Waals surface area contributed by atoms with Crippen LogP contribution in [0.5, 0.6) is 0 Å². The molecule has 82 valence electrons. The summed E-state index contributed by atoms with van der Waals surface area (Å²) in [5.41, 5.74) is 6.36. The Morgan fingerprint density at radius 3 is 2.47 bits per heavy atom. The zero-order valence-corrected chi connectivity index (χ0v) is 11.1. The van der Waals surface area contributed by atoms with E-state index < -0.39 is 0 Å². The maximum absolute atomic E-state index is 6.36. The molecule has 0 aliphatic heterocycles. The minimum atomic E-state index is 0.300. The molecule has 3 atom stereocenters. The third-order valence-corrected chi connectivity index (χ3v) is 5.78. The van der Waals surface area contributed by atoms with Crippen molar-refractivity contribution in [2.75, 3.05) is 0 Å². The first-order valence-corrected chi connectivity index (χ1v) is 7.39. The Balaban J connectivity index is 1.73. The van der Waals surface area contributed by atoms with Crippen molar-refractivity contribution in [2.24, 2.45) is 23.5 Å². The van der Waals surface area contributed by atoms with Crippen LogP contribution in [0.1, 0.15) is 36.6 Å². The summed E-state index contributed by atoms with van der Waals surface area (Å²) in [4.78, 5) is 1.36. The van der Waals surface area contributed by atoms with Gasteiger partial charge in [0.15, 0.2) is 0 Å². The highest BCUT2D eigenvalue weighted by molar-refractivity contribution is 9.11. The van der Waals surface area contributed by atoms with E-state index in [1.54, 1.807) is 11.3 Å². The van der Waals surface area contributed by atoms with Gasteiger partial charge in [0.1, 0.15) is 0 Å². The summed E-state index contributed by atoms with van der Waals surface area (Å²) in [6, 6.07) is 4.60. The van der Waals surface area contributed by atoms with Crippen molar-refractivity contribution >= 4 is 27.3 Å². The lowest BCUT2D eigenvalue weighted by Crippen LogP contribution is -2.12. The van der Waals surface area contributed by atoms with Crippen molar-refractivity contribution in [1.29, 1.82) is 0 Å². The van der Waals surface area contributed by atoms with E-state index in [1.165, 1.54) is 34.3 Å². The Morgan fingerprint density at radius 1 is 1.27 bits per heavy atom. The Kier molecular flexibility index (Phi) is 2.65. The highest BCUT2D eigenvalue weighted by Gasteiger charge is 2.53. The van der Waals surface area contributed by atoms with Crippen molar-refractivity contribution in [1.82, 2.24) is 0 Å². The first kappa shape index (κ1) is 10.3. The zero-order valence-electron chi connectivity index (χ0n) is 8.66. The molecule has 0 saturated heterocycles. The normalized spacial score (nSPS) is 36.0. The van der Waals surface area contributed by atoms with Gasteiger partial charge in [0, 0.05) is 10.9 Å². The summed E-state index contributed by atoms with van der Waals surface area (Å²) < 4.78 is 1.21. The van der Waals surface area contributed by atoms with E-state index in [0.717, 1.165) is 17.8 Å². The fourth-order valence-corrected chi connectivity index (χ4v) is 4.76. The molecule has 0 bridgehead atoms. The predicted octanol–water partition coefficient (Wildman–Crippen LogP) is 3.95. The molecule has 1 nitrogen and oxygen atoms in total. The van der Waals surface area contributed by atoms with Crippen LogP contribution in [-0.2, 0) is 0 Å². The van der Waals surface area contributed by atoms with Gasteiger partial charge in [-0.15, -0.1) is 11.3 Å². The highest BCUT2D eigenvalue weighted by Crippen LogP contribution is 2.60. The van der Waals surface area contributed by atoms with Gasteiger partial charge in [0.2, 0.25) is 0 Å². The molecule has 1 heterocycles. The monoisotopic (exact) mass is 285 g/mol. The van der Waals surface area contributed by atoms with Gasteiger partial charge in [0.25, 0.3) is 0 Å². The van der Waals surface area contributed by atoms with Crippen LogP contribution in [0.15, 0.2) is 15.9 Å². The summed E-state index contributed by atoms with van der Waals surface area (Å²) in [6.45, 7) is 0. The third-order valence-electron chi connectivity index (χ3n) is 4.06. The Labute approximate surface area is 103 Å². The van der Waals surface area contributed by atoms with E-state index in [2.05, 4.69) is 28.1 Å². The van der Waals surface area contributed by atoms with E-state index in [0.29, 0.717) is 6.04 Å². The zero-order chi connectivity index (χ0) is 10.4. The van der Waals surface area contributed by atoms with Gasteiger partial charge in [-0.3, -0.25) is 0 Å². The highest BCUT2D eigenvalue weighted by atomic mass is 79.9. The van der Waals surface area contributed by atoms with Gasteiger partial charge >= 0.3 is 0 Å². The Bertz CT molecular complexity index is 350. The number of halogens is 1. The van der Waals surface area contributed by atoms with Crippen LogP contribution in [0.25, 0.3) is 0 Å². The van der Waals surface area contributed by atoms with Crippen molar-refractivity contribution in [3.63, 3.8) is 0 Å². The molecular weight excluding hydrogens is 270 g/mol. The minimum absolute atomic E-state index is 0.300. The van der Waals surface area contributed by atoms with Crippen molar-refractivity contribution in [3.8, 4) is 0 Å². The van der Waals surface area contributed by atoms with Crippen LogP contribution in [0.2, 0.25) is 0 Å². The average molecular weight is 286 g/mol. The second-order valence-corrected chi connectivity index (χ2v) is 7.35. The SMILES string of the molecule is NC(c1ccc(Br)s1)C1C2CCCCC21. The lowest BCUT2D eigenvalue weighted by molar-refractivity contribution is 0.480. The van der Waals surface area contributed by atoms with Gasteiger partial charge < -0.3 is 5.73 Å². The Morgan fingerprint density at radius 2 is 1.93 bits per heavy atom. The fourth-order valence-electron chi connectivity index (χ4n) is 3.28. The summed E-state index contributed by atoms with van der Waals surface area (Å²) in [7, 11) is 0. The van der Waals surface area contributed by atoms with Crippen LogP contribution < -0.4 is 5.73 Å². The van der Waals surface area contributed by atoms with E-state index in [4.69, 9.17) is 5.73 Å². The summed E-state index contributed by atoms with van der Waals surface area (Å²) in [5, 5.41) is 0. The molecule has 2 N–H and O–H groups in total. The molecule has 2 aliphatic rings. The average Bonchev–Trinajstić information content (AvgIpc) is 2.82. The maximum atomic E-state index is 6.36. The van der Waals surface area contributed by atoms with Crippen LogP contribution >= 0.6 is 27.3 Å². The molecule has 1 aromatic heterocycles. The molecule has 1 aromatic rings. The minimum Gasteiger partial charge on any atom is -0.323 e. The van der Waals surface area contributed by atoms with E-state index in [-0.39, 0.29) is 0 Å². The molecule has 0 amide bonds. The molecular formula is C12H16BrNS.